The average Bonchev–Trinajstić information content (AvgIpc) is 2.49. The number of anilines is 1. The summed E-state index contributed by atoms with van der Waals surface area (Å²) in [6.45, 7) is 6.65. The summed E-state index contributed by atoms with van der Waals surface area (Å²) in [6.07, 6.45) is -1.66. The Morgan fingerprint density at radius 2 is 1.91 bits per heavy atom. The second-order valence-corrected chi connectivity index (χ2v) is 5.01. The molecule has 0 radical (unpaired) electrons. The Labute approximate surface area is 136 Å². The summed E-state index contributed by atoms with van der Waals surface area (Å²) in [5.74, 6) is -1.75. The first-order valence-electron chi connectivity index (χ1n) is 6.08. The molecule has 0 saturated carbocycles. The lowest BCUT2D eigenvalue weighted by Crippen LogP contribution is -2.26. The Balaban J connectivity index is 2.83. The lowest BCUT2D eigenvalue weighted by molar-refractivity contribution is -0.151. The number of methoxy groups -OCH3 is 1. The van der Waals surface area contributed by atoms with E-state index in [0.29, 0.717) is 0 Å². The molecular weight excluding hydrogens is 338 g/mol. The molecule has 1 aromatic rings. The molecule has 0 aliphatic rings. The molecule has 122 valence electrons. The van der Waals surface area contributed by atoms with Gasteiger partial charge in [0.2, 0.25) is 11.8 Å². The lowest BCUT2D eigenvalue weighted by atomic mass is 10.3. The SMILES string of the molecule is C=C(OC(C)C(=O)OC)[C@@H](C)Oc1nc(F)c(Cl)c(N)c1Cl. The molecule has 22 heavy (non-hydrogen) atoms. The topological polar surface area (TPSA) is 83.7 Å². The van der Waals surface area contributed by atoms with Crippen molar-refractivity contribution in [3.8, 4) is 5.88 Å². The Bertz CT molecular complexity index is 598. The average molecular weight is 353 g/mol. The monoisotopic (exact) mass is 352 g/mol. The van der Waals surface area contributed by atoms with Gasteiger partial charge in [0.1, 0.15) is 15.8 Å². The van der Waals surface area contributed by atoms with Gasteiger partial charge in [-0.25, -0.2) is 4.79 Å². The lowest BCUT2D eigenvalue weighted by Gasteiger charge is -2.21. The van der Waals surface area contributed by atoms with E-state index in [0.717, 1.165) is 0 Å². The summed E-state index contributed by atoms with van der Waals surface area (Å²) in [4.78, 5) is 14.7. The second kappa shape index (κ2) is 7.51. The molecule has 1 heterocycles. The van der Waals surface area contributed by atoms with Gasteiger partial charge in [-0.1, -0.05) is 29.8 Å². The number of nitrogens with zero attached hydrogens (tertiary/aromatic N) is 1. The number of rotatable bonds is 6. The third-order valence-electron chi connectivity index (χ3n) is 2.64. The third-order valence-corrected chi connectivity index (χ3v) is 3.37. The minimum absolute atomic E-state index is 0.102. The van der Waals surface area contributed by atoms with Crippen LogP contribution in [0.2, 0.25) is 10.0 Å². The molecule has 6 nitrogen and oxygen atoms in total. The zero-order chi connectivity index (χ0) is 17.0. The van der Waals surface area contributed by atoms with Crippen LogP contribution in [0.5, 0.6) is 5.88 Å². The van der Waals surface area contributed by atoms with Crippen LogP contribution in [0.15, 0.2) is 12.3 Å². The number of nitrogens with two attached hydrogens (primary N) is 1. The molecular formula is C13H15Cl2FN2O4. The molecule has 1 aromatic heterocycles. The summed E-state index contributed by atoms with van der Waals surface area (Å²) >= 11 is 11.5. The van der Waals surface area contributed by atoms with Gasteiger partial charge < -0.3 is 19.9 Å². The van der Waals surface area contributed by atoms with E-state index in [1.54, 1.807) is 6.92 Å². The van der Waals surface area contributed by atoms with Crippen molar-refractivity contribution in [2.75, 3.05) is 12.8 Å². The maximum absolute atomic E-state index is 13.5. The Kier molecular flexibility index (Phi) is 6.25. The second-order valence-electron chi connectivity index (χ2n) is 4.26. The molecule has 2 N–H and O–H groups in total. The molecule has 0 aliphatic heterocycles. The molecule has 0 amide bonds. The number of pyridine rings is 1. The van der Waals surface area contributed by atoms with E-state index in [4.69, 9.17) is 38.4 Å². The first-order valence-corrected chi connectivity index (χ1v) is 6.84. The molecule has 1 unspecified atom stereocenters. The van der Waals surface area contributed by atoms with Crippen molar-refractivity contribution in [1.29, 1.82) is 0 Å². The van der Waals surface area contributed by atoms with Crippen LogP contribution < -0.4 is 10.5 Å². The highest BCUT2D eigenvalue weighted by Gasteiger charge is 2.22. The molecule has 0 bridgehead atoms. The smallest absolute Gasteiger partial charge is 0.346 e. The van der Waals surface area contributed by atoms with Crippen LogP contribution in [-0.4, -0.2) is 30.3 Å². The Morgan fingerprint density at radius 1 is 1.32 bits per heavy atom. The predicted octanol–water partition coefficient (Wildman–Crippen LogP) is 2.97. The zero-order valence-corrected chi connectivity index (χ0v) is 13.7. The fourth-order valence-electron chi connectivity index (χ4n) is 1.36. The highest BCUT2D eigenvalue weighted by atomic mass is 35.5. The normalized spacial score (nSPS) is 13.2. The van der Waals surface area contributed by atoms with E-state index in [2.05, 4.69) is 16.3 Å². The van der Waals surface area contributed by atoms with Gasteiger partial charge in [-0.15, -0.1) is 0 Å². The van der Waals surface area contributed by atoms with Gasteiger partial charge in [0.15, 0.2) is 12.2 Å². The fraction of sp³-hybridized carbons (Fsp3) is 0.385. The van der Waals surface area contributed by atoms with Crippen LogP contribution in [0.3, 0.4) is 0 Å². The minimum Gasteiger partial charge on any atom is -0.480 e. The number of carbonyl (C=O) groups excluding carboxylic acids is 1. The summed E-state index contributed by atoms with van der Waals surface area (Å²) in [5.41, 5.74) is 5.35. The summed E-state index contributed by atoms with van der Waals surface area (Å²) < 4.78 is 28.6. The number of hydrogen-bond acceptors (Lipinski definition) is 6. The molecule has 0 saturated heterocycles. The summed E-state index contributed by atoms with van der Waals surface area (Å²) in [5, 5.41) is -0.522. The Morgan fingerprint density at radius 3 is 2.45 bits per heavy atom. The van der Waals surface area contributed by atoms with Crippen molar-refractivity contribution in [1.82, 2.24) is 4.98 Å². The van der Waals surface area contributed by atoms with Gasteiger partial charge in [-0.05, 0) is 13.8 Å². The Hall–Kier alpha value is -1.73. The van der Waals surface area contributed by atoms with Crippen molar-refractivity contribution >= 4 is 34.9 Å². The van der Waals surface area contributed by atoms with Crippen LogP contribution in [0, 0.1) is 5.95 Å². The minimum atomic E-state index is -1.01. The fourth-order valence-corrected chi connectivity index (χ4v) is 1.72. The van der Waals surface area contributed by atoms with Crippen LogP contribution in [0.4, 0.5) is 10.1 Å². The van der Waals surface area contributed by atoms with E-state index in [1.807, 2.05) is 0 Å². The molecule has 0 aromatic carbocycles. The maximum Gasteiger partial charge on any atom is 0.346 e. The first kappa shape index (κ1) is 18.3. The number of esters is 1. The molecule has 0 fully saturated rings. The van der Waals surface area contributed by atoms with Gasteiger partial charge in [0, 0.05) is 0 Å². The van der Waals surface area contributed by atoms with Crippen molar-refractivity contribution in [2.24, 2.45) is 0 Å². The van der Waals surface area contributed by atoms with Crippen molar-refractivity contribution in [2.45, 2.75) is 26.1 Å². The highest BCUT2D eigenvalue weighted by molar-refractivity contribution is 6.39. The quantitative estimate of drug-likeness (QED) is 0.481. The van der Waals surface area contributed by atoms with E-state index in [1.165, 1.54) is 14.0 Å². The summed E-state index contributed by atoms with van der Waals surface area (Å²) in [6, 6.07) is 0. The van der Waals surface area contributed by atoms with E-state index in [9.17, 15) is 9.18 Å². The standard InChI is InChI=1S/C13H15Cl2FN2O4/c1-5(21-7(3)13(19)20-4)6(2)22-12-9(15)10(17)8(14)11(16)18-12/h6-7H,1H2,2-4H3,(H2,17,18)/t6-,7?/m1/s1. The summed E-state index contributed by atoms with van der Waals surface area (Å²) in [7, 11) is 1.23. The van der Waals surface area contributed by atoms with Crippen LogP contribution >= 0.6 is 23.2 Å². The first-order chi connectivity index (χ1) is 10.2. The predicted molar refractivity (Wildman–Crippen MR) is 80.4 cm³/mol. The van der Waals surface area contributed by atoms with Gasteiger partial charge in [-0.3, -0.25) is 0 Å². The molecule has 0 spiro atoms. The number of halogens is 3. The van der Waals surface area contributed by atoms with E-state index in [-0.39, 0.29) is 27.4 Å². The van der Waals surface area contributed by atoms with Crippen molar-refractivity contribution in [3.05, 3.63) is 28.3 Å². The highest BCUT2D eigenvalue weighted by Crippen LogP contribution is 2.36. The molecule has 2 atom stereocenters. The van der Waals surface area contributed by atoms with Gasteiger partial charge in [-0.2, -0.15) is 9.37 Å². The van der Waals surface area contributed by atoms with Crippen molar-refractivity contribution in [3.63, 3.8) is 0 Å². The molecule has 1 rings (SSSR count). The maximum atomic E-state index is 13.5. The van der Waals surface area contributed by atoms with Gasteiger partial charge >= 0.3 is 5.97 Å². The van der Waals surface area contributed by atoms with E-state index < -0.39 is 24.1 Å². The largest absolute Gasteiger partial charge is 0.480 e. The van der Waals surface area contributed by atoms with Crippen LogP contribution in [0.1, 0.15) is 13.8 Å². The number of hydrogen-bond donors (Lipinski definition) is 1. The van der Waals surface area contributed by atoms with Gasteiger partial charge in [0.25, 0.3) is 0 Å². The van der Waals surface area contributed by atoms with Crippen LogP contribution in [0.25, 0.3) is 0 Å². The molecule has 0 aliphatic carbocycles. The van der Waals surface area contributed by atoms with E-state index >= 15 is 0 Å². The number of nitrogen functional groups attached to an aromatic ring is 1. The zero-order valence-electron chi connectivity index (χ0n) is 12.2. The number of ether oxygens (including phenoxy) is 3. The molecule has 9 heteroatoms. The third kappa shape index (κ3) is 4.14. The number of carbonyl (C=O) groups is 1. The van der Waals surface area contributed by atoms with Gasteiger partial charge in [0.05, 0.1) is 12.8 Å². The van der Waals surface area contributed by atoms with Crippen LogP contribution in [-0.2, 0) is 14.3 Å². The number of aromatic nitrogens is 1. The van der Waals surface area contributed by atoms with Crippen molar-refractivity contribution < 1.29 is 23.4 Å².